The van der Waals surface area contributed by atoms with E-state index in [0.717, 1.165) is 4.47 Å². The SMILES string of the molecule is Cc1nn(CC(=O)OCc2cc(Br)ccc2F)c(C)c1N. The number of nitrogen functional groups attached to an aromatic ring is 1. The molecule has 0 bridgehead atoms. The molecule has 0 radical (unpaired) electrons. The molecule has 0 fully saturated rings. The van der Waals surface area contributed by atoms with Crippen molar-refractivity contribution in [2.24, 2.45) is 0 Å². The summed E-state index contributed by atoms with van der Waals surface area (Å²) < 4.78 is 20.8. The van der Waals surface area contributed by atoms with Gasteiger partial charge in [0.05, 0.1) is 17.1 Å². The lowest BCUT2D eigenvalue weighted by Crippen LogP contribution is -2.16. The third-order valence-electron chi connectivity index (χ3n) is 3.11. The second-order valence-electron chi connectivity index (χ2n) is 4.64. The predicted octanol–water partition coefficient (Wildman–Crippen LogP) is 2.73. The highest BCUT2D eigenvalue weighted by atomic mass is 79.9. The lowest BCUT2D eigenvalue weighted by atomic mass is 10.2. The first-order valence-corrected chi connectivity index (χ1v) is 7.07. The first kappa shape index (κ1) is 15.5. The van der Waals surface area contributed by atoms with E-state index in [2.05, 4.69) is 21.0 Å². The van der Waals surface area contributed by atoms with Gasteiger partial charge < -0.3 is 10.5 Å². The smallest absolute Gasteiger partial charge is 0.328 e. The van der Waals surface area contributed by atoms with E-state index in [-0.39, 0.29) is 13.2 Å². The summed E-state index contributed by atoms with van der Waals surface area (Å²) in [7, 11) is 0. The van der Waals surface area contributed by atoms with Crippen molar-refractivity contribution in [3.8, 4) is 0 Å². The van der Waals surface area contributed by atoms with Crippen LogP contribution in [0.25, 0.3) is 0 Å². The summed E-state index contributed by atoms with van der Waals surface area (Å²) in [6, 6.07) is 4.47. The molecule has 0 aliphatic rings. The van der Waals surface area contributed by atoms with Gasteiger partial charge >= 0.3 is 5.97 Å². The number of halogens is 2. The van der Waals surface area contributed by atoms with Crippen LogP contribution in [0.3, 0.4) is 0 Å². The van der Waals surface area contributed by atoms with Crippen LogP contribution in [0.5, 0.6) is 0 Å². The largest absolute Gasteiger partial charge is 0.459 e. The summed E-state index contributed by atoms with van der Waals surface area (Å²) in [4.78, 5) is 11.8. The first-order valence-electron chi connectivity index (χ1n) is 6.27. The summed E-state index contributed by atoms with van der Waals surface area (Å²) in [5.41, 5.74) is 8.03. The number of hydrogen-bond acceptors (Lipinski definition) is 4. The molecule has 0 spiro atoms. The van der Waals surface area contributed by atoms with Crippen molar-refractivity contribution < 1.29 is 13.9 Å². The standard InChI is InChI=1S/C14H15BrFN3O2/c1-8-14(17)9(2)19(18-8)6-13(20)21-7-10-5-11(15)3-4-12(10)16/h3-5H,6-7,17H2,1-2H3. The highest BCUT2D eigenvalue weighted by Crippen LogP contribution is 2.17. The average molecular weight is 356 g/mol. The Morgan fingerprint density at radius 3 is 2.81 bits per heavy atom. The van der Waals surface area contributed by atoms with Crippen LogP contribution in [-0.2, 0) is 22.7 Å². The summed E-state index contributed by atoms with van der Waals surface area (Å²) in [6.07, 6.45) is 0. The zero-order chi connectivity index (χ0) is 15.6. The van der Waals surface area contributed by atoms with Crippen molar-refractivity contribution in [1.29, 1.82) is 0 Å². The highest BCUT2D eigenvalue weighted by Gasteiger charge is 2.13. The Labute approximate surface area is 130 Å². The summed E-state index contributed by atoms with van der Waals surface area (Å²) in [5, 5.41) is 4.15. The van der Waals surface area contributed by atoms with Crippen LogP contribution in [0.2, 0.25) is 0 Å². The van der Waals surface area contributed by atoms with Crippen LogP contribution in [0, 0.1) is 19.7 Å². The third-order valence-corrected chi connectivity index (χ3v) is 3.61. The third kappa shape index (κ3) is 3.60. The molecule has 1 heterocycles. The lowest BCUT2D eigenvalue weighted by molar-refractivity contribution is -0.146. The van der Waals surface area contributed by atoms with Gasteiger partial charge in [-0.2, -0.15) is 5.10 Å². The molecule has 112 valence electrons. The molecular formula is C14H15BrFN3O2. The van der Waals surface area contributed by atoms with E-state index in [4.69, 9.17) is 10.5 Å². The van der Waals surface area contributed by atoms with Gasteiger partial charge in [-0.05, 0) is 32.0 Å². The molecule has 1 aromatic carbocycles. The molecule has 0 amide bonds. The molecular weight excluding hydrogens is 341 g/mol. The Morgan fingerprint density at radius 1 is 1.48 bits per heavy atom. The molecule has 0 saturated heterocycles. The Balaban J connectivity index is 1.99. The number of carbonyl (C=O) groups excluding carboxylic acids is 1. The predicted molar refractivity (Wildman–Crippen MR) is 80.0 cm³/mol. The van der Waals surface area contributed by atoms with E-state index in [1.54, 1.807) is 26.0 Å². The van der Waals surface area contributed by atoms with E-state index in [9.17, 15) is 9.18 Å². The molecule has 1 aromatic heterocycles. The zero-order valence-corrected chi connectivity index (χ0v) is 13.3. The number of benzene rings is 1. The summed E-state index contributed by atoms with van der Waals surface area (Å²) in [6.45, 7) is 3.36. The highest BCUT2D eigenvalue weighted by molar-refractivity contribution is 9.10. The Bertz CT molecular complexity index is 685. The Hall–Kier alpha value is -1.89. The van der Waals surface area contributed by atoms with Crippen molar-refractivity contribution in [1.82, 2.24) is 9.78 Å². The Kier molecular flexibility index (Phi) is 4.62. The number of aromatic nitrogens is 2. The quantitative estimate of drug-likeness (QED) is 0.856. The number of rotatable bonds is 4. The van der Waals surface area contributed by atoms with Crippen LogP contribution in [0.1, 0.15) is 17.0 Å². The minimum absolute atomic E-state index is 0.0561. The van der Waals surface area contributed by atoms with Crippen molar-refractivity contribution in [3.05, 3.63) is 45.4 Å². The number of esters is 1. The van der Waals surface area contributed by atoms with E-state index in [1.165, 1.54) is 10.7 Å². The van der Waals surface area contributed by atoms with Crippen molar-refractivity contribution in [2.45, 2.75) is 27.0 Å². The minimum Gasteiger partial charge on any atom is -0.459 e. The average Bonchev–Trinajstić information content (AvgIpc) is 2.67. The second-order valence-corrected chi connectivity index (χ2v) is 5.55. The van der Waals surface area contributed by atoms with Crippen molar-refractivity contribution in [2.75, 3.05) is 5.73 Å². The van der Waals surface area contributed by atoms with Crippen molar-refractivity contribution >= 4 is 27.6 Å². The molecule has 7 heteroatoms. The van der Waals surface area contributed by atoms with Gasteiger partial charge in [-0.3, -0.25) is 9.48 Å². The monoisotopic (exact) mass is 355 g/mol. The molecule has 5 nitrogen and oxygen atoms in total. The zero-order valence-electron chi connectivity index (χ0n) is 11.7. The van der Waals surface area contributed by atoms with Gasteiger partial charge in [0.25, 0.3) is 0 Å². The fourth-order valence-electron chi connectivity index (χ4n) is 1.84. The number of nitrogens with two attached hydrogens (primary N) is 1. The topological polar surface area (TPSA) is 70.1 Å². The van der Waals surface area contributed by atoms with E-state index in [1.807, 2.05) is 0 Å². The van der Waals surface area contributed by atoms with Gasteiger partial charge in [0.15, 0.2) is 0 Å². The lowest BCUT2D eigenvalue weighted by Gasteiger charge is -2.07. The van der Waals surface area contributed by atoms with Crippen molar-refractivity contribution in [3.63, 3.8) is 0 Å². The first-order chi connectivity index (χ1) is 9.88. The van der Waals surface area contributed by atoms with Crippen LogP contribution < -0.4 is 5.73 Å². The summed E-state index contributed by atoms with van der Waals surface area (Å²) in [5.74, 6) is -0.915. The molecule has 0 atom stereocenters. The van der Waals surface area contributed by atoms with Gasteiger partial charge in [0.2, 0.25) is 0 Å². The molecule has 2 N–H and O–H groups in total. The molecule has 21 heavy (non-hydrogen) atoms. The number of anilines is 1. The van der Waals surface area contributed by atoms with Crippen LogP contribution in [0.4, 0.5) is 10.1 Å². The van der Waals surface area contributed by atoms with Gasteiger partial charge in [-0.15, -0.1) is 0 Å². The maximum absolute atomic E-state index is 13.5. The summed E-state index contributed by atoms with van der Waals surface area (Å²) >= 11 is 3.24. The maximum Gasteiger partial charge on any atom is 0.328 e. The molecule has 0 aliphatic heterocycles. The van der Waals surface area contributed by atoms with E-state index >= 15 is 0 Å². The Morgan fingerprint density at radius 2 is 2.19 bits per heavy atom. The van der Waals surface area contributed by atoms with Gasteiger partial charge in [0, 0.05) is 10.0 Å². The normalized spacial score (nSPS) is 10.7. The number of carbonyl (C=O) groups is 1. The molecule has 2 aromatic rings. The number of aryl methyl sites for hydroxylation is 1. The molecule has 0 aliphatic carbocycles. The number of ether oxygens (including phenoxy) is 1. The van der Waals surface area contributed by atoms with Crippen LogP contribution in [-0.4, -0.2) is 15.7 Å². The van der Waals surface area contributed by atoms with Gasteiger partial charge in [0.1, 0.15) is 19.0 Å². The number of hydrogen-bond donors (Lipinski definition) is 1. The second kappa shape index (κ2) is 6.26. The van der Waals surface area contributed by atoms with Crippen LogP contribution in [0.15, 0.2) is 22.7 Å². The molecule has 0 saturated carbocycles. The van der Waals surface area contributed by atoms with Gasteiger partial charge in [-0.25, -0.2) is 4.39 Å². The van der Waals surface area contributed by atoms with E-state index < -0.39 is 11.8 Å². The van der Waals surface area contributed by atoms with E-state index in [0.29, 0.717) is 22.6 Å². The molecule has 0 unspecified atom stereocenters. The van der Waals surface area contributed by atoms with Crippen LogP contribution >= 0.6 is 15.9 Å². The maximum atomic E-state index is 13.5. The number of nitrogens with zero attached hydrogens (tertiary/aromatic N) is 2. The van der Waals surface area contributed by atoms with Gasteiger partial charge in [-0.1, -0.05) is 15.9 Å². The fourth-order valence-corrected chi connectivity index (χ4v) is 2.25. The fraction of sp³-hybridized carbons (Fsp3) is 0.286. The minimum atomic E-state index is -0.500. The molecule has 2 rings (SSSR count).